The highest BCUT2D eigenvalue weighted by Crippen LogP contribution is 1.88. The van der Waals surface area contributed by atoms with Crippen LogP contribution >= 0.6 is 0 Å². The van der Waals surface area contributed by atoms with Gasteiger partial charge in [-0.3, -0.25) is 0 Å². The van der Waals surface area contributed by atoms with Gasteiger partial charge in [-0.1, -0.05) is 12.8 Å². The summed E-state index contributed by atoms with van der Waals surface area (Å²) in [5.41, 5.74) is 0. The smallest absolute Gasteiger partial charge is 0.392 e. The molecule has 5 heteroatoms. The molecule has 0 aliphatic heterocycles. The molecule has 0 aliphatic carbocycles. The average molecular weight is 200 g/mol. The third kappa shape index (κ3) is 5.30. The van der Waals surface area contributed by atoms with Gasteiger partial charge in [-0.05, 0) is 6.42 Å². The molecule has 1 atom stereocenters. The van der Waals surface area contributed by atoms with Crippen LogP contribution in [0, 0.1) is 11.8 Å². The van der Waals surface area contributed by atoms with E-state index in [2.05, 4.69) is 16.6 Å². The summed E-state index contributed by atoms with van der Waals surface area (Å²) in [6.07, 6.45) is -0.355. The quantitative estimate of drug-likeness (QED) is 0.270. The highest BCUT2D eigenvalue weighted by atomic mass is 16.6. The number of hydrogen-bond acceptors (Lipinski definition) is 5. The zero-order valence-corrected chi connectivity index (χ0v) is 7.82. The summed E-state index contributed by atoms with van der Waals surface area (Å²) in [6, 6.07) is 0. The lowest BCUT2D eigenvalue weighted by molar-refractivity contribution is -0.163. The Labute approximate surface area is 81.7 Å². The van der Waals surface area contributed by atoms with E-state index >= 15 is 0 Å². The second kappa shape index (κ2) is 7.06. The molecule has 0 fully saturated rings. The van der Waals surface area contributed by atoms with Crippen molar-refractivity contribution < 1.29 is 24.5 Å². The fourth-order valence-corrected chi connectivity index (χ4v) is 0.519. The van der Waals surface area contributed by atoms with Gasteiger partial charge in [0.2, 0.25) is 0 Å². The topological polar surface area (TPSA) is 83.8 Å². The summed E-state index contributed by atoms with van der Waals surface area (Å²) in [5, 5.41) is 17.1. The van der Waals surface area contributed by atoms with E-state index in [0.29, 0.717) is 6.42 Å². The molecule has 0 heterocycles. The van der Waals surface area contributed by atoms with Crippen LogP contribution in [0.2, 0.25) is 0 Å². The third-order valence-corrected chi connectivity index (χ3v) is 1.20. The van der Waals surface area contributed by atoms with Crippen LogP contribution in [0.5, 0.6) is 0 Å². The second-order valence-corrected chi connectivity index (χ2v) is 2.46. The van der Waals surface area contributed by atoms with E-state index < -0.39 is 24.6 Å². The first kappa shape index (κ1) is 12.6. The second-order valence-electron chi connectivity index (χ2n) is 2.46. The molecule has 1 unspecified atom stereocenters. The maximum atomic E-state index is 10.7. The lowest BCUT2D eigenvalue weighted by Crippen LogP contribution is -2.28. The van der Waals surface area contributed by atoms with Crippen molar-refractivity contribution >= 4 is 11.9 Å². The molecule has 0 radical (unpaired) electrons. The van der Waals surface area contributed by atoms with Crippen LogP contribution in [-0.2, 0) is 14.3 Å². The molecule has 0 amide bonds. The summed E-state index contributed by atoms with van der Waals surface area (Å²) in [6.45, 7) is 1.11. The van der Waals surface area contributed by atoms with E-state index in [1.165, 1.54) is 0 Å². The van der Waals surface area contributed by atoms with Gasteiger partial charge in [0.1, 0.15) is 0 Å². The van der Waals surface area contributed by atoms with Crippen molar-refractivity contribution in [2.45, 2.75) is 25.9 Å². The minimum Gasteiger partial charge on any atom is -0.393 e. The van der Waals surface area contributed by atoms with Crippen LogP contribution in [-0.4, -0.2) is 34.9 Å². The largest absolute Gasteiger partial charge is 0.393 e. The van der Waals surface area contributed by atoms with E-state index in [-0.39, 0.29) is 0 Å². The van der Waals surface area contributed by atoms with Gasteiger partial charge in [0, 0.05) is 12.3 Å². The number of rotatable bonds is 3. The molecule has 0 spiro atoms. The monoisotopic (exact) mass is 200 g/mol. The highest BCUT2D eigenvalue weighted by Gasteiger charge is 2.17. The zero-order chi connectivity index (χ0) is 11.0. The van der Waals surface area contributed by atoms with Crippen molar-refractivity contribution in [2.75, 3.05) is 6.61 Å². The van der Waals surface area contributed by atoms with Gasteiger partial charge in [0.25, 0.3) is 0 Å². The Kier molecular flexibility index (Phi) is 6.37. The molecule has 0 aliphatic rings. The predicted molar refractivity (Wildman–Crippen MR) is 46.9 cm³/mol. The van der Waals surface area contributed by atoms with E-state index in [4.69, 9.17) is 10.2 Å². The Morgan fingerprint density at radius 2 is 2.14 bits per heavy atom. The van der Waals surface area contributed by atoms with Crippen LogP contribution in [0.4, 0.5) is 0 Å². The average Bonchev–Trinajstić information content (AvgIpc) is 2.16. The Bertz CT molecular complexity index is 260. The number of carbonyl (C=O) groups excluding carboxylic acids is 2. The molecule has 5 nitrogen and oxygen atoms in total. The minimum absolute atomic E-state index is 0.534. The third-order valence-electron chi connectivity index (χ3n) is 1.20. The van der Waals surface area contributed by atoms with Crippen molar-refractivity contribution in [3.8, 4) is 11.8 Å². The molecule has 0 saturated carbocycles. The lowest BCUT2D eigenvalue weighted by atomic mass is 10.3. The maximum Gasteiger partial charge on any atom is 0.392 e. The summed E-state index contributed by atoms with van der Waals surface area (Å²) in [7, 11) is 0. The number of hydrogen-bond donors (Lipinski definition) is 2. The van der Waals surface area contributed by atoms with Crippen molar-refractivity contribution in [1.82, 2.24) is 0 Å². The highest BCUT2D eigenvalue weighted by molar-refractivity contribution is 5.97. The Morgan fingerprint density at radius 3 is 2.64 bits per heavy atom. The molecule has 0 aromatic carbocycles. The van der Waals surface area contributed by atoms with Crippen molar-refractivity contribution in [1.29, 1.82) is 0 Å². The molecular weight excluding hydrogens is 188 g/mol. The molecule has 2 N–H and O–H groups in total. The fraction of sp³-hybridized carbons (Fsp3) is 0.556. The van der Waals surface area contributed by atoms with Crippen molar-refractivity contribution in [3.63, 3.8) is 0 Å². The van der Waals surface area contributed by atoms with Crippen LogP contribution < -0.4 is 0 Å². The standard InChI is InChI=1S/C9H12O5/c1-2-3-4-5-8(12)14-9(13)7(11)6-10/h7,10-11H,2-3,6H2,1H3. The van der Waals surface area contributed by atoms with E-state index in [9.17, 15) is 9.59 Å². The molecule has 0 saturated heterocycles. The van der Waals surface area contributed by atoms with E-state index in [0.717, 1.165) is 6.42 Å². The van der Waals surface area contributed by atoms with Crippen molar-refractivity contribution in [2.24, 2.45) is 0 Å². The number of esters is 2. The number of unbranched alkanes of at least 4 members (excludes halogenated alkanes) is 1. The van der Waals surface area contributed by atoms with Gasteiger partial charge in [-0.15, -0.1) is 0 Å². The van der Waals surface area contributed by atoms with Gasteiger partial charge in [-0.25, -0.2) is 9.59 Å². The molecule has 0 rings (SSSR count). The Morgan fingerprint density at radius 1 is 1.50 bits per heavy atom. The first-order valence-corrected chi connectivity index (χ1v) is 4.15. The molecule has 0 aromatic rings. The number of aliphatic hydroxyl groups is 2. The minimum atomic E-state index is -1.69. The SMILES string of the molecule is CCCC#CC(=O)OC(=O)C(O)CO. The van der Waals surface area contributed by atoms with Gasteiger partial charge in [0.05, 0.1) is 6.61 Å². The van der Waals surface area contributed by atoms with Gasteiger partial charge >= 0.3 is 11.9 Å². The maximum absolute atomic E-state index is 10.7. The van der Waals surface area contributed by atoms with E-state index in [1.54, 1.807) is 0 Å². The molecule has 0 aromatic heterocycles. The zero-order valence-electron chi connectivity index (χ0n) is 7.82. The number of ether oxygens (including phenoxy) is 1. The predicted octanol–water partition coefficient (Wildman–Crippen LogP) is -0.787. The van der Waals surface area contributed by atoms with Crippen LogP contribution in [0.1, 0.15) is 19.8 Å². The van der Waals surface area contributed by atoms with Crippen LogP contribution in [0.25, 0.3) is 0 Å². The van der Waals surface area contributed by atoms with Crippen LogP contribution in [0.15, 0.2) is 0 Å². The first-order chi connectivity index (χ1) is 6.61. The Balaban J connectivity index is 3.96. The number of carbonyl (C=O) groups is 2. The van der Waals surface area contributed by atoms with Gasteiger partial charge in [-0.2, -0.15) is 0 Å². The summed E-state index contributed by atoms with van der Waals surface area (Å²) >= 11 is 0. The molecule has 14 heavy (non-hydrogen) atoms. The van der Waals surface area contributed by atoms with Crippen molar-refractivity contribution in [3.05, 3.63) is 0 Å². The summed E-state index contributed by atoms with van der Waals surface area (Å²) in [4.78, 5) is 21.4. The molecule has 0 bridgehead atoms. The summed E-state index contributed by atoms with van der Waals surface area (Å²) < 4.78 is 4.09. The first-order valence-electron chi connectivity index (χ1n) is 4.15. The lowest BCUT2D eigenvalue weighted by Gasteiger charge is -2.02. The summed E-state index contributed by atoms with van der Waals surface area (Å²) in [5.74, 6) is 2.34. The molecule has 78 valence electrons. The Hall–Kier alpha value is -1.38. The normalized spacial score (nSPS) is 11.1. The van der Waals surface area contributed by atoms with Gasteiger partial charge < -0.3 is 14.9 Å². The van der Waals surface area contributed by atoms with E-state index in [1.807, 2.05) is 6.92 Å². The van der Waals surface area contributed by atoms with Crippen LogP contribution in [0.3, 0.4) is 0 Å². The van der Waals surface area contributed by atoms with Gasteiger partial charge in [0.15, 0.2) is 6.10 Å². The number of aliphatic hydroxyl groups excluding tert-OH is 2. The molecular formula is C9H12O5. The fourth-order valence-electron chi connectivity index (χ4n) is 0.519.